The summed E-state index contributed by atoms with van der Waals surface area (Å²) >= 11 is 1.20. The quantitative estimate of drug-likeness (QED) is 0.485. The predicted molar refractivity (Wildman–Crippen MR) is 85.3 cm³/mol. The molecular weight excluding hydrogens is 304 g/mol. The summed E-state index contributed by atoms with van der Waals surface area (Å²) in [5.41, 5.74) is 0.897. The molecule has 7 heteroatoms. The largest absolute Gasteiger partial charge is 0.396 e. The summed E-state index contributed by atoms with van der Waals surface area (Å²) in [4.78, 5) is 23.1. The average Bonchev–Trinajstić information content (AvgIpc) is 2.53. The van der Waals surface area contributed by atoms with Gasteiger partial charge in [0.2, 0.25) is 0 Å². The van der Waals surface area contributed by atoms with Crippen LogP contribution in [0.1, 0.15) is 10.4 Å². The van der Waals surface area contributed by atoms with Crippen molar-refractivity contribution in [2.24, 2.45) is 0 Å². The molecule has 2 N–H and O–H groups in total. The maximum atomic E-state index is 12.3. The van der Waals surface area contributed by atoms with E-state index in [9.17, 15) is 14.9 Å². The summed E-state index contributed by atoms with van der Waals surface area (Å²) < 4.78 is 0. The van der Waals surface area contributed by atoms with E-state index in [1.165, 1.54) is 30.0 Å². The van der Waals surface area contributed by atoms with Gasteiger partial charge in [-0.25, -0.2) is 0 Å². The smallest absolute Gasteiger partial charge is 0.270 e. The van der Waals surface area contributed by atoms with Gasteiger partial charge >= 0.3 is 0 Å². The zero-order valence-corrected chi connectivity index (χ0v) is 12.4. The van der Waals surface area contributed by atoms with Gasteiger partial charge in [-0.3, -0.25) is 14.9 Å². The lowest BCUT2D eigenvalue weighted by Crippen LogP contribution is -2.13. The minimum Gasteiger partial charge on any atom is -0.396 e. The number of benzene rings is 2. The molecule has 2 aromatic carbocycles. The second-order valence-electron chi connectivity index (χ2n) is 4.33. The highest BCUT2D eigenvalue weighted by Crippen LogP contribution is 2.28. The van der Waals surface area contributed by atoms with Gasteiger partial charge in [0.25, 0.3) is 11.6 Å². The number of aliphatic hydroxyl groups excluding tert-OH is 1. The topological polar surface area (TPSA) is 92.5 Å². The van der Waals surface area contributed by atoms with Crippen LogP contribution in [0.15, 0.2) is 53.4 Å². The number of anilines is 1. The molecule has 0 bridgehead atoms. The van der Waals surface area contributed by atoms with Crippen LogP contribution in [0.2, 0.25) is 0 Å². The number of amides is 1. The van der Waals surface area contributed by atoms with Crippen LogP contribution in [0.3, 0.4) is 0 Å². The van der Waals surface area contributed by atoms with Gasteiger partial charge in [-0.2, -0.15) is 0 Å². The molecule has 0 aliphatic rings. The predicted octanol–water partition coefficient (Wildman–Crippen LogP) is 2.93. The van der Waals surface area contributed by atoms with Gasteiger partial charge in [0.05, 0.1) is 17.1 Å². The van der Waals surface area contributed by atoms with E-state index in [-0.39, 0.29) is 18.2 Å². The van der Waals surface area contributed by atoms with Crippen molar-refractivity contribution >= 4 is 29.0 Å². The Hall–Kier alpha value is -2.38. The number of nitrogens with zero attached hydrogens (tertiary/aromatic N) is 1. The lowest BCUT2D eigenvalue weighted by molar-refractivity contribution is -0.385. The third-order valence-electron chi connectivity index (χ3n) is 2.80. The molecule has 0 saturated heterocycles. The molecule has 2 aromatic rings. The second kappa shape index (κ2) is 7.58. The number of nitro groups is 1. The van der Waals surface area contributed by atoms with E-state index in [2.05, 4.69) is 5.32 Å². The van der Waals surface area contributed by atoms with Gasteiger partial charge in [-0.1, -0.05) is 18.2 Å². The average molecular weight is 318 g/mol. The maximum Gasteiger partial charge on any atom is 0.270 e. The van der Waals surface area contributed by atoms with Crippen LogP contribution in [0, 0.1) is 10.1 Å². The van der Waals surface area contributed by atoms with E-state index in [0.717, 1.165) is 0 Å². The monoisotopic (exact) mass is 318 g/mol. The standard InChI is InChI=1S/C15H14N2O4S/c18-8-9-22-14-10-12(17(20)21)6-7-13(14)15(19)16-11-4-2-1-3-5-11/h1-7,10,18H,8-9H2,(H,16,19). The van der Waals surface area contributed by atoms with Gasteiger partial charge in [0.15, 0.2) is 0 Å². The van der Waals surface area contributed by atoms with Crippen LogP contribution in [0.4, 0.5) is 11.4 Å². The van der Waals surface area contributed by atoms with Gasteiger partial charge in [-0.15, -0.1) is 11.8 Å². The summed E-state index contributed by atoms with van der Waals surface area (Å²) in [5, 5.41) is 22.5. The zero-order valence-electron chi connectivity index (χ0n) is 11.6. The molecule has 0 aliphatic heterocycles. The van der Waals surface area contributed by atoms with Crippen LogP contribution in [0.5, 0.6) is 0 Å². The molecule has 0 spiro atoms. The lowest BCUT2D eigenvalue weighted by Gasteiger charge is -2.09. The number of thioether (sulfide) groups is 1. The van der Waals surface area contributed by atoms with Crippen molar-refractivity contribution in [2.45, 2.75) is 4.90 Å². The number of carbonyl (C=O) groups is 1. The highest BCUT2D eigenvalue weighted by molar-refractivity contribution is 7.99. The van der Waals surface area contributed by atoms with Crippen molar-refractivity contribution in [2.75, 3.05) is 17.7 Å². The fourth-order valence-electron chi connectivity index (χ4n) is 1.81. The van der Waals surface area contributed by atoms with E-state index in [1.54, 1.807) is 24.3 Å². The van der Waals surface area contributed by atoms with Crippen LogP contribution < -0.4 is 5.32 Å². The van der Waals surface area contributed by atoms with Gasteiger partial charge in [0.1, 0.15) is 0 Å². The van der Waals surface area contributed by atoms with E-state index < -0.39 is 4.92 Å². The second-order valence-corrected chi connectivity index (χ2v) is 5.47. The Morgan fingerprint density at radius 1 is 1.23 bits per heavy atom. The van der Waals surface area contributed by atoms with Crippen LogP contribution in [-0.4, -0.2) is 28.3 Å². The number of non-ortho nitro benzene ring substituents is 1. The van der Waals surface area contributed by atoms with Crippen LogP contribution in [0.25, 0.3) is 0 Å². The number of carbonyl (C=O) groups excluding carboxylic acids is 1. The SMILES string of the molecule is O=C(Nc1ccccc1)c1ccc([N+](=O)[O-])cc1SCCO. The first-order valence-electron chi connectivity index (χ1n) is 6.50. The zero-order chi connectivity index (χ0) is 15.9. The van der Waals surface area contributed by atoms with E-state index >= 15 is 0 Å². The molecular formula is C15H14N2O4S. The Labute approximate surface area is 131 Å². The molecule has 0 saturated carbocycles. The van der Waals surface area contributed by atoms with Crippen LogP contribution in [-0.2, 0) is 0 Å². The number of nitrogens with one attached hydrogen (secondary N) is 1. The molecule has 0 fully saturated rings. The van der Waals surface area contributed by atoms with Crippen molar-refractivity contribution in [3.63, 3.8) is 0 Å². The molecule has 114 valence electrons. The third kappa shape index (κ3) is 4.06. The molecule has 0 aromatic heterocycles. The number of para-hydroxylation sites is 1. The van der Waals surface area contributed by atoms with Crippen molar-refractivity contribution < 1.29 is 14.8 Å². The first-order chi connectivity index (χ1) is 10.6. The molecule has 0 radical (unpaired) electrons. The van der Waals surface area contributed by atoms with Crippen LogP contribution >= 0.6 is 11.8 Å². The molecule has 6 nitrogen and oxygen atoms in total. The van der Waals surface area contributed by atoms with Crippen molar-refractivity contribution in [1.82, 2.24) is 0 Å². The lowest BCUT2D eigenvalue weighted by atomic mass is 10.2. The highest BCUT2D eigenvalue weighted by atomic mass is 32.2. The maximum absolute atomic E-state index is 12.3. The normalized spacial score (nSPS) is 10.2. The van der Waals surface area contributed by atoms with E-state index in [1.807, 2.05) is 6.07 Å². The van der Waals surface area contributed by atoms with E-state index in [0.29, 0.717) is 21.9 Å². The minimum absolute atomic E-state index is 0.0763. The Morgan fingerprint density at radius 2 is 1.95 bits per heavy atom. The summed E-state index contributed by atoms with van der Waals surface area (Å²) in [5.74, 6) is 0.00815. The third-order valence-corrected chi connectivity index (χ3v) is 3.84. The van der Waals surface area contributed by atoms with Gasteiger partial charge in [0, 0.05) is 28.5 Å². The first-order valence-corrected chi connectivity index (χ1v) is 7.49. The van der Waals surface area contributed by atoms with Gasteiger partial charge in [-0.05, 0) is 18.2 Å². The van der Waals surface area contributed by atoms with Crippen molar-refractivity contribution in [1.29, 1.82) is 0 Å². The summed E-state index contributed by atoms with van der Waals surface area (Å²) in [7, 11) is 0. The number of hydrogen-bond donors (Lipinski definition) is 2. The Balaban J connectivity index is 2.27. The molecule has 1 amide bonds. The summed E-state index contributed by atoms with van der Waals surface area (Å²) in [6, 6.07) is 13.0. The number of nitro benzene ring substituents is 1. The molecule has 0 unspecified atom stereocenters. The van der Waals surface area contributed by atoms with Crippen molar-refractivity contribution in [3.8, 4) is 0 Å². The minimum atomic E-state index is -0.512. The Bertz CT molecular complexity index is 676. The fourth-order valence-corrected chi connectivity index (χ4v) is 2.64. The molecule has 22 heavy (non-hydrogen) atoms. The van der Waals surface area contributed by atoms with Crippen molar-refractivity contribution in [3.05, 3.63) is 64.2 Å². The number of hydrogen-bond acceptors (Lipinski definition) is 5. The molecule has 0 atom stereocenters. The molecule has 2 rings (SSSR count). The molecule has 0 heterocycles. The fraction of sp³-hybridized carbons (Fsp3) is 0.133. The van der Waals surface area contributed by atoms with E-state index in [4.69, 9.17) is 5.11 Å². The summed E-state index contributed by atoms with van der Waals surface area (Å²) in [6.45, 7) is -0.0763. The van der Waals surface area contributed by atoms with Gasteiger partial charge < -0.3 is 10.4 Å². The highest BCUT2D eigenvalue weighted by Gasteiger charge is 2.16. The number of aliphatic hydroxyl groups is 1. The molecule has 0 aliphatic carbocycles. The Morgan fingerprint density at radius 3 is 2.59 bits per heavy atom. The first kappa shape index (κ1) is 16.0. The Kier molecular flexibility index (Phi) is 5.51. The summed E-state index contributed by atoms with van der Waals surface area (Å²) in [6.07, 6.45) is 0. The number of rotatable bonds is 6.